The van der Waals surface area contributed by atoms with E-state index >= 15 is 0 Å². The number of aliphatic hydroxyl groups is 4. The first-order valence-corrected chi connectivity index (χ1v) is 12.8. The second-order valence-electron chi connectivity index (χ2n) is 9.35. The van der Waals surface area contributed by atoms with Gasteiger partial charge in [-0.25, -0.2) is 0 Å². The molecule has 1 saturated heterocycles. The van der Waals surface area contributed by atoms with E-state index in [1.165, 1.54) is 0 Å². The molecule has 0 spiro atoms. The van der Waals surface area contributed by atoms with Crippen LogP contribution in [0.4, 0.5) is 0 Å². The summed E-state index contributed by atoms with van der Waals surface area (Å²) in [6.45, 7) is 2.80. The average Bonchev–Trinajstić information content (AvgIpc) is 2.87. The molecule has 220 valence electrons. The SMILES string of the molecule is NCCCCNCCO[C@@H]1[C@@H](O)[C@H](O[C@H]2O[C@H](CN)[C@@H](O)[C@H](O)[C@H]2N)[C@@H](N)C[C@H]1N.NCC[C@@H](O)C=O. The van der Waals surface area contributed by atoms with Gasteiger partial charge in [-0.3, -0.25) is 0 Å². The molecule has 1 heterocycles. The number of unbranched alkanes of at least 4 members (excludes halogenated alkanes) is 1. The van der Waals surface area contributed by atoms with Gasteiger partial charge in [-0.1, -0.05) is 0 Å². The summed E-state index contributed by atoms with van der Waals surface area (Å²) in [4.78, 5) is 9.59. The van der Waals surface area contributed by atoms with E-state index in [9.17, 15) is 20.1 Å². The van der Waals surface area contributed by atoms with E-state index in [-0.39, 0.29) is 6.54 Å². The van der Waals surface area contributed by atoms with Gasteiger partial charge in [0.1, 0.15) is 49.0 Å². The summed E-state index contributed by atoms with van der Waals surface area (Å²) < 4.78 is 17.3. The zero-order valence-corrected chi connectivity index (χ0v) is 21.4. The second-order valence-corrected chi connectivity index (χ2v) is 9.35. The highest BCUT2D eigenvalue weighted by molar-refractivity contribution is 5.55. The fraction of sp³-hybridized carbons (Fsp3) is 0.955. The van der Waals surface area contributed by atoms with E-state index in [0.29, 0.717) is 45.4 Å². The fourth-order valence-corrected chi connectivity index (χ4v) is 4.13. The molecule has 1 aliphatic heterocycles. The first-order chi connectivity index (χ1) is 17.6. The van der Waals surface area contributed by atoms with Crippen LogP contribution >= 0.6 is 0 Å². The van der Waals surface area contributed by atoms with Gasteiger partial charge in [0.25, 0.3) is 0 Å². The Kier molecular flexibility index (Phi) is 17.0. The van der Waals surface area contributed by atoms with E-state index in [4.69, 9.17) is 53.7 Å². The van der Waals surface area contributed by atoms with Gasteiger partial charge in [-0.15, -0.1) is 0 Å². The first kappa shape index (κ1) is 34.1. The Balaban J connectivity index is 0.000000856. The predicted octanol–water partition coefficient (Wildman–Crippen LogP) is -5.87. The zero-order chi connectivity index (χ0) is 28.0. The minimum Gasteiger partial charge on any atom is -0.388 e. The van der Waals surface area contributed by atoms with Crippen LogP contribution in [-0.2, 0) is 19.0 Å². The largest absolute Gasteiger partial charge is 0.388 e. The zero-order valence-electron chi connectivity index (χ0n) is 21.4. The van der Waals surface area contributed by atoms with Crippen LogP contribution in [0.15, 0.2) is 0 Å². The van der Waals surface area contributed by atoms with Gasteiger partial charge in [-0.05, 0) is 45.3 Å². The van der Waals surface area contributed by atoms with Gasteiger partial charge in [0.2, 0.25) is 0 Å². The van der Waals surface area contributed by atoms with Crippen LogP contribution in [0.1, 0.15) is 25.7 Å². The van der Waals surface area contributed by atoms with Crippen molar-refractivity contribution in [3.05, 3.63) is 0 Å². The van der Waals surface area contributed by atoms with Crippen molar-refractivity contribution in [1.29, 1.82) is 0 Å². The molecule has 11 atom stereocenters. The number of rotatable bonds is 14. The van der Waals surface area contributed by atoms with Crippen LogP contribution in [0.25, 0.3) is 0 Å². The second kappa shape index (κ2) is 18.4. The molecule has 0 aromatic rings. The molecule has 0 radical (unpaired) electrons. The summed E-state index contributed by atoms with van der Waals surface area (Å²) in [5.74, 6) is 0. The van der Waals surface area contributed by atoms with Crippen LogP contribution in [0.3, 0.4) is 0 Å². The highest BCUT2D eigenvalue weighted by atomic mass is 16.7. The van der Waals surface area contributed by atoms with E-state index in [0.717, 1.165) is 19.4 Å². The summed E-state index contributed by atoms with van der Waals surface area (Å²) in [6.07, 6.45) is -4.82. The van der Waals surface area contributed by atoms with E-state index in [1.807, 2.05) is 0 Å². The lowest BCUT2D eigenvalue weighted by molar-refractivity contribution is -0.289. The molecule has 17 N–H and O–H groups in total. The highest BCUT2D eigenvalue weighted by Crippen LogP contribution is 2.28. The monoisotopic (exact) mass is 539 g/mol. The topological polar surface area (TPSA) is 294 Å². The Labute approximate surface area is 218 Å². The lowest BCUT2D eigenvalue weighted by Crippen LogP contribution is -2.67. The molecular formula is C22H49N7O8. The van der Waals surface area contributed by atoms with Crippen LogP contribution < -0.4 is 39.7 Å². The van der Waals surface area contributed by atoms with Crippen molar-refractivity contribution in [2.24, 2.45) is 34.4 Å². The Hall–Kier alpha value is -0.890. The smallest absolute Gasteiger partial charge is 0.176 e. The molecule has 0 unspecified atom stereocenters. The number of hydrogen-bond acceptors (Lipinski definition) is 15. The Bertz CT molecular complexity index is 611. The Morgan fingerprint density at radius 2 is 1.62 bits per heavy atom. The molecule has 0 bridgehead atoms. The number of nitrogens with two attached hydrogens (primary N) is 6. The van der Waals surface area contributed by atoms with Gasteiger partial charge in [0.05, 0.1) is 12.6 Å². The van der Waals surface area contributed by atoms with Gasteiger partial charge < -0.3 is 79.2 Å². The third-order valence-corrected chi connectivity index (χ3v) is 6.35. The van der Waals surface area contributed by atoms with Crippen molar-refractivity contribution in [3.63, 3.8) is 0 Å². The predicted molar refractivity (Wildman–Crippen MR) is 136 cm³/mol. The minimum atomic E-state index is -1.28. The van der Waals surface area contributed by atoms with Crippen LogP contribution in [0, 0.1) is 0 Å². The average molecular weight is 540 g/mol. The molecule has 15 nitrogen and oxygen atoms in total. The standard InChI is InChI=1S/C18H40N6O6.C4H9NO2/c19-3-1-2-4-24-5-6-28-16-9(21)7-10(22)17(15(16)27)30-18-12(23)14(26)13(25)11(8-20)29-18;5-2-1-4(7)3-6/h9-18,24-27H,1-8,19-23H2;3-4,7H,1-2,5H2/t9-,10+,11-,12-,13-,14-,15-,16+,17-,18-;4-/m11/s1. The molecule has 2 rings (SSSR count). The molecular weight excluding hydrogens is 490 g/mol. The molecule has 1 saturated carbocycles. The summed E-state index contributed by atoms with van der Waals surface area (Å²) in [6, 6.07) is -2.08. The Morgan fingerprint density at radius 1 is 0.946 bits per heavy atom. The van der Waals surface area contributed by atoms with Gasteiger partial charge in [0, 0.05) is 25.2 Å². The maximum absolute atomic E-state index is 10.8. The number of nitrogens with one attached hydrogen (secondary N) is 1. The third kappa shape index (κ3) is 11.0. The van der Waals surface area contributed by atoms with Crippen molar-refractivity contribution < 1.29 is 39.4 Å². The maximum atomic E-state index is 10.8. The first-order valence-electron chi connectivity index (χ1n) is 12.8. The maximum Gasteiger partial charge on any atom is 0.176 e. The summed E-state index contributed by atoms with van der Waals surface area (Å²) in [7, 11) is 0. The molecule has 1 aliphatic carbocycles. The number of hydrogen-bond donors (Lipinski definition) is 11. The molecule has 2 aliphatic rings. The lowest BCUT2D eigenvalue weighted by Gasteiger charge is -2.46. The Morgan fingerprint density at radius 3 is 2.19 bits per heavy atom. The number of carbonyl (C=O) groups excluding carboxylic acids is 1. The molecule has 0 aromatic carbocycles. The van der Waals surface area contributed by atoms with Crippen molar-refractivity contribution in [2.45, 2.75) is 92.8 Å². The molecule has 37 heavy (non-hydrogen) atoms. The third-order valence-electron chi connectivity index (χ3n) is 6.35. The lowest BCUT2D eigenvalue weighted by atomic mass is 9.84. The number of ether oxygens (including phenoxy) is 3. The molecule has 2 fully saturated rings. The number of aliphatic hydroxyl groups excluding tert-OH is 4. The van der Waals surface area contributed by atoms with Crippen molar-refractivity contribution in [1.82, 2.24) is 5.32 Å². The highest BCUT2D eigenvalue weighted by Gasteiger charge is 2.48. The van der Waals surface area contributed by atoms with Crippen molar-refractivity contribution in [3.8, 4) is 0 Å². The summed E-state index contributed by atoms with van der Waals surface area (Å²) in [5.41, 5.74) is 34.3. The van der Waals surface area contributed by atoms with Crippen LogP contribution in [0.5, 0.6) is 0 Å². The van der Waals surface area contributed by atoms with E-state index in [1.54, 1.807) is 0 Å². The van der Waals surface area contributed by atoms with E-state index in [2.05, 4.69) is 5.32 Å². The van der Waals surface area contributed by atoms with Crippen molar-refractivity contribution in [2.75, 3.05) is 39.3 Å². The van der Waals surface area contributed by atoms with Crippen molar-refractivity contribution >= 4 is 6.29 Å². The molecule has 15 heteroatoms. The summed E-state index contributed by atoms with van der Waals surface area (Å²) in [5, 5.41) is 42.6. The fourth-order valence-electron chi connectivity index (χ4n) is 4.13. The summed E-state index contributed by atoms with van der Waals surface area (Å²) >= 11 is 0. The normalized spacial score (nSPS) is 36.9. The van der Waals surface area contributed by atoms with Gasteiger partial charge in [0.15, 0.2) is 6.29 Å². The van der Waals surface area contributed by atoms with Gasteiger partial charge in [-0.2, -0.15) is 0 Å². The quantitative estimate of drug-likeness (QED) is 0.0723. The van der Waals surface area contributed by atoms with Crippen LogP contribution in [0.2, 0.25) is 0 Å². The molecule has 0 amide bonds. The van der Waals surface area contributed by atoms with E-state index < -0.39 is 67.1 Å². The molecule has 0 aromatic heterocycles. The van der Waals surface area contributed by atoms with Crippen LogP contribution in [-0.4, -0.2) is 133 Å². The minimum absolute atomic E-state index is 0.0288. The number of carbonyl (C=O) groups is 1. The van der Waals surface area contributed by atoms with Gasteiger partial charge >= 0.3 is 0 Å². The number of aldehydes is 1.